The Balaban J connectivity index is 2.17. The van der Waals surface area contributed by atoms with Gasteiger partial charge in [0, 0.05) is 0 Å². The van der Waals surface area contributed by atoms with E-state index in [1.165, 1.54) is 0 Å². The Morgan fingerprint density at radius 3 is 2.63 bits per heavy atom. The van der Waals surface area contributed by atoms with Crippen LogP contribution in [0.4, 0.5) is 0 Å². The quantitative estimate of drug-likeness (QED) is 0.762. The van der Waals surface area contributed by atoms with E-state index in [2.05, 4.69) is 9.97 Å². The average Bonchev–Trinajstić information content (AvgIpc) is 2.39. The number of para-hydroxylation sites is 1. The molecule has 0 saturated heterocycles. The maximum Gasteiger partial charge on any atom is 0.262 e. The van der Waals surface area contributed by atoms with Gasteiger partial charge in [-0.25, -0.2) is 4.98 Å². The second-order valence-electron chi connectivity index (χ2n) is 4.22. The lowest BCUT2D eigenvalue weighted by atomic mass is 10.2. The summed E-state index contributed by atoms with van der Waals surface area (Å²) in [6, 6.07) is 14.8. The molecule has 4 heteroatoms. The highest BCUT2D eigenvalue weighted by Crippen LogP contribution is 2.26. The average molecular weight is 252 g/mol. The number of nitrogens with one attached hydrogen (secondary N) is 1. The Bertz CT molecular complexity index is 779. The van der Waals surface area contributed by atoms with E-state index in [1.807, 2.05) is 36.4 Å². The molecule has 1 N–H and O–H groups in total. The van der Waals surface area contributed by atoms with E-state index in [0.29, 0.717) is 28.2 Å². The minimum atomic E-state index is -0.186. The van der Waals surface area contributed by atoms with E-state index in [0.717, 1.165) is 0 Å². The first-order chi connectivity index (χ1) is 9.24. The molecule has 2 aromatic carbocycles. The molecule has 0 aliphatic rings. The van der Waals surface area contributed by atoms with Crippen molar-refractivity contribution in [1.29, 1.82) is 0 Å². The third kappa shape index (κ3) is 2.20. The Morgan fingerprint density at radius 1 is 1.05 bits per heavy atom. The molecule has 4 nitrogen and oxygen atoms in total. The van der Waals surface area contributed by atoms with Gasteiger partial charge >= 0.3 is 0 Å². The second kappa shape index (κ2) is 4.57. The molecule has 0 aliphatic heterocycles. The molecule has 0 aliphatic carbocycles. The van der Waals surface area contributed by atoms with Crippen LogP contribution < -0.4 is 10.3 Å². The lowest BCUT2D eigenvalue weighted by Crippen LogP contribution is -2.10. The van der Waals surface area contributed by atoms with E-state index in [-0.39, 0.29) is 5.56 Å². The van der Waals surface area contributed by atoms with Crippen LogP contribution in [0.5, 0.6) is 11.5 Å². The number of aromatic amines is 1. The summed E-state index contributed by atoms with van der Waals surface area (Å²) in [5.74, 6) is 1.79. The molecule has 0 radical (unpaired) electrons. The van der Waals surface area contributed by atoms with Crippen molar-refractivity contribution in [2.45, 2.75) is 6.92 Å². The number of ether oxygens (including phenoxy) is 1. The molecule has 1 aromatic heterocycles. The van der Waals surface area contributed by atoms with Crippen LogP contribution in [0.15, 0.2) is 53.3 Å². The maximum atomic E-state index is 12.0. The van der Waals surface area contributed by atoms with Crippen molar-refractivity contribution in [3.63, 3.8) is 0 Å². The smallest absolute Gasteiger partial charge is 0.262 e. The number of H-pyrrole nitrogens is 1. The molecule has 0 saturated carbocycles. The van der Waals surface area contributed by atoms with Gasteiger partial charge in [0.1, 0.15) is 22.7 Å². The van der Waals surface area contributed by atoms with Crippen LogP contribution in [0.3, 0.4) is 0 Å². The minimum Gasteiger partial charge on any atom is -0.456 e. The summed E-state index contributed by atoms with van der Waals surface area (Å²) in [6.07, 6.45) is 0. The summed E-state index contributed by atoms with van der Waals surface area (Å²) in [4.78, 5) is 19.0. The summed E-state index contributed by atoms with van der Waals surface area (Å²) in [7, 11) is 0. The van der Waals surface area contributed by atoms with E-state index >= 15 is 0 Å². The van der Waals surface area contributed by atoms with Gasteiger partial charge in [-0.3, -0.25) is 4.79 Å². The van der Waals surface area contributed by atoms with Crippen LogP contribution in [0.1, 0.15) is 5.82 Å². The molecule has 0 fully saturated rings. The third-order valence-electron chi connectivity index (χ3n) is 2.78. The van der Waals surface area contributed by atoms with Gasteiger partial charge in [-0.1, -0.05) is 24.3 Å². The van der Waals surface area contributed by atoms with Crippen LogP contribution in [0, 0.1) is 6.92 Å². The molecule has 3 rings (SSSR count). The number of aromatic nitrogens is 2. The van der Waals surface area contributed by atoms with Crippen LogP contribution >= 0.6 is 0 Å². The minimum absolute atomic E-state index is 0.186. The van der Waals surface area contributed by atoms with Crippen LogP contribution in [-0.4, -0.2) is 9.97 Å². The Kier molecular flexibility index (Phi) is 2.76. The van der Waals surface area contributed by atoms with E-state index in [1.54, 1.807) is 19.1 Å². The topological polar surface area (TPSA) is 55.0 Å². The summed E-state index contributed by atoms with van der Waals surface area (Å²) < 4.78 is 5.75. The fraction of sp³-hybridized carbons (Fsp3) is 0.0667. The molecule has 0 spiro atoms. The van der Waals surface area contributed by atoms with Gasteiger partial charge in [-0.15, -0.1) is 0 Å². The van der Waals surface area contributed by atoms with Crippen molar-refractivity contribution in [3.05, 3.63) is 64.7 Å². The SMILES string of the molecule is Cc1nc2cccc(Oc3ccccc3)c2c(=O)[nH]1. The van der Waals surface area contributed by atoms with Crippen molar-refractivity contribution in [1.82, 2.24) is 9.97 Å². The first kappa shape index (κ1) is 11.5. The lowest BCUT2D eigenvalue weighted by Gasteiger charge is -2.08. The Labute approximate surface area is 109 Å². The normalized spacial score (nSPS) is 10.6. The van der Waals surface area contributed by atoms with Gasteiger partial charge in [-0.2, -0.15) is 0 Å². The number of hydrogen-bond acceptors (Lipinski definition) is 3. The largest absolute Gasteiger partial charge is 0.456 e. The zero-order chi connectivity index (χ0) is 13.2. The molecular weight excluding hydrogens is 240 g/mol. The van der Waals surface area contributed by atoms with Gasteiger partial charge < -0.3 is 9.72 Å². The molecule has 0 unspecified atom stereocenters. The van der Waals surface area contributed by atoms with E-state index in [4.69, 9.17) is 4.74 Å². The number of benzene rings is 2. The van der Waals surface area contributed by atoms with Crippen LogP contribution in [-0.2, 0) is 0 Å². The number of fused-ring (bicyclic) bond motifs is 1. The van der Waals surface area contributed by atoms with Crippen molar-refractivity contribution < 1.29 is 4.74 Å². The summed E-state index contributed by atoms with van der Waals surface area (Å²) in [5.41, 5.74) is 0.448. The van der Waals surface area contributed by atoms with E-state index in [9.17, 15) is 4.79 Å². The second-order valence-corrected chi connectivity index (χ2v) is 4.22. The number of aryl methyl sites for hydroxylation is 1. The van der Waals surface area contributed by atoms with E-state index < -0.39 is 0 Å². The number of hydrogen-bond donors (Lipinski definition) is 1. The fourth-order valence-corrected chi connectivity index (χ4v) is 1.98. The van der Waals surface area contributed by atoms with Crippen molar-refractivity contribution in [3.8, 4) is 11.5 Å². The van der Waals surface area contributed by atoms with Gasteiger partial charge in [0.05, 0.1) is 5.52 Å². The van der Waals surface area contributed by atoms with Crippen molar-refractivity contribution in [2.24, 2.45) is 0 Å². The maximum absolute atomic E-state index is 12.0. The molecule has 0 bridgehead atoms. The summed E-state index contributed by atoms with van der Waals surface area (Å²) in [6.45, 7) is 1.76. The Hall–Kier alpha value is -2.62. The van der Waals surface area contributed by atoms with Crippen LogP contribution in [0.2, 0.25) is 0 Å². The molecule has 0 amide bonds. The van der Waals surface area contributed by atoms with Gasteiger partial charge in [0.25, 0.3) is 5.56 Å². The third-order valence-corrected chi connectivity index (χ3v) is 2.78. The molecule has 3 aromatic rings. The lowest BCUT2D eigenvalue weighted by molar-refractivity contribution is 0.488. The highest BCUT2D eigenvalue weighted by molar-refractivity contribution is 5.84. The number of nitrogens with zero attached hydrogens (tertiary/aromatic N) is 1. The van der Waals surface area contributed by atoms with Crippen molar-refractivity contribution in [2.75, 3.05) is 0 Å². The summed E-state index contributed by atoms with van der Waals surface area (Å²) >= 11 is 0. The van der Waals surface area contributed by atoms with Gasteiger partial charge in [0.15, 0.2) is 0 Å². The van der Waals surface area contributed by atoms with Crippen LogP contribution in [0.25, 0.3) is 10.9 Å². The molecule has 19 heavy (non-hydrogen) atoms. The predicted molar refractivity (Wildman–Crippen MR) is 73.6 cm³/mol. The van der Waals surface area contributed by atoms with Gasteiger partial charge in [0.2, 0.25) is 0 Å². The first-order valence-corrected chi connectivity index (χ1v) is 5.96. The molecule has 1 heterocycles. The monoisotopic (exact) mass is 252 g/mol. The van der Waals surface area contributed by atoms with Crippen molar-refractivity contribution >= 4 is 10.9 Å². The highest BCUT2D eigenvalue weighted by atomic mass is 16.5. The number of rotatable bonds is 2. The zero-order valence-corrected chi connectivity index (χ0v) is 10.4. The predicted octanol–water partition coefficient (Wildman–Crippen LogP) is 3.02. The zero-order valence-electron chi connectivity index (χ0n) is 10.4. The first-order valence-electron chi connectivity index (χ1n) is 5.96. The Morgan fingerprint density at radius 2 is 1.84 bits per heavy atom. The summed E-state index contributed by atoms with van der Waals surface area (Å²) in [5, 5.41) is 0.469. The molecule has 94 valence electrons. The molecule has 0 atom stereocenters. The van der Waals surface area contributed by atoms with Gasteiger partial charge in [-0.05, 0) is 31.2 Å². The fourth-order valence-electron chi connectivity index (χ4n) is 1.98. The standard InChI is InChI=1S/C15H12N2O2/c1-10-16-12-8-5-9-13(14(12)15(18)17-10)19-11-6-3-2-4-7-11/h2-9H,1H3,(H,16,17,18). The molecular formula is C15H12N2O2. The highest BCUT2D eigenvalue weighted by Gasteiger charge is 2.08.